The van der Waals surface area contributed by atoms with Gasteiger partial charge in [0.2, 0.25) is 5.91 Å². The van der Waals surface area contributed by atoms with Gasteiger partial charge in [0.05, 0.1) is 19.5 Å². The van der Waals surface area contributed by atoms with E-state index >= 15 is 0 Å². The molecule has 0 aliphatic heterocycles. The third kappa shape index (κ3) is 4.83. The van der Waals surface area contributed by atoms with E-state index in [0.717, 1.165) is 28.6 Å². The van der Waals surface area contributed by atoms with Crippen LogP contribution in [0, 0.1) is 0 Å². The predicted molar refractivity (Wildman–Crippen MR) is 110 cm³/mol. The quantitative estimate of drug-likeness (QED) is 0.584. The summed E-state index contributed by atoms with van der Waals surface area (Å²) in [5.41, 5.74) is 1.66. The van der Waals surface area contributed by atoms with Crippen molar-refractivity contribution in [2.24, 2.45) is 7.05 Å². The zero-order valence-corrected chi connectivity index (χ0v) is 16.8. The van der Waals surface area contributed by atoms with Gasteiger partial charge < -0.3 is 19.4 Å². The number of rotatable bonds is 8. The van der Waals surface area contributed by atoms with Crippen molar-refractivity contribution in [2.75, 3.05) is 24.8 Å². The second-order valence-corrected chi connectivity index (χ2v) is 6.83. The summed E-state index contributed by atoms with van der Waals surface area (Å²) in [6.45, 7) is 2.58. The molecule has 0 spiro atoms. The first kappa shape index (κ1) is 19.8. The molecule has 0 fully saturated rings. The van der Waals surface area contributed by atoms with Gasteiger partial charge in [0.25, 0.3) is 0 Å². The van der Waals surface area contributed by atoms with Crippen molar-refractivity contribution in [3.05, 3.63) is 48.5 Å². The lowest BCUT2D eigenvalue weighted by Gasteiger charge is -2.07. The maximum atomic E-state index is 12.2. The summed E-state index contributed by atoms with van der Waals surface area (Å²) in [5, 5.41) is 12.0. The SMILES string of the molecule is CCOc1ccc(-c2nnc(SCC(=O)Nc3ccc(OC)cc3)n2C)cc1. The van der Waals surface area contributed by atoms with Crippen molar-refractivity contribution in [1.82, 2.24) is 14.8 Å². The minimum atomic E-state index is -0.110. The lowest BCUT2D eigenvalue weighted by atomic mass is 10.2. The van der Waals surface area contributed by atoms with Gasteiger partial charge in [-0.25, -0.2) is 0 Å². The number of nitrogens with zero attached hydrogens (tertiary/aromatic N) is 3. The Bertz CT molecular complexity index is 924. The molecule has 1 aromatic heterocycles. The Labute approximate surface area is 168 Å². The van der Waals surface area contributed by atoms with E-state index in [1.54, 1.807) is 31.4 Å². The first-order valence-corrected chi connectivity index (χ1v) is 9.78. The molecule has 0 saturated carbocycles. The number of hydrogen-bond donors (Lipinski definition) is 1. The van der Waals surface area contributed by atoms with Gasteiger partial charge in [-0.15, -0.1) is 10.2 Å². The molecule has 28 heavy (non-hydrogen) atoms. The molecule has 0 bridgehead atoms. The van der Waals surface area contributed by atoms with Crippen LogP contribution in [0.2, 0.25) is 0 Å². The van der Waals surface area contributed by atoms with E-state index in [1.165, 1.54) is 11.8 Å². The molecule has 3 rings (SSSR count). The molecule has 1 amide bonds. The number of anilines is 1. The van der Waals surface area contributed by atoms with E-state index in [9.17, 15) is 4.79 Å². The molecule has 3 aromatic rings. The number of carbonyl (C=O) groups excluding carboxylic acids is 1. The average Bonchev–Trinajstić information content (AvgIpc) is 3.08. The Morgan fingerprint density at radius 1 is 1.07 bits per heavy atom. The Morgan fingerprint density at radius 3 is 2.39 bits per heavy atom. The number of methoxy groups -OCH3 is 1. The van der Waals surface area contributed by atoms with Crippen LogP contribution in [-0.2, 0) is 11.8 Å². The highest BCUT2D eigenvalue weighted by atomic mass is 32.2. The molecule has 146 valence electrons. The summed E-state index contributed by atoms with van der Waals surface area (Å²) in [6, 6.07) is 14.9. The Hall–Kier alpha value is -3.00. The van der Waals surface area contributed by atoms with E-state index in [0.29, 0.717) is 11.8 Å². The molecular formula is C20H22N4O3S. The minimum absolute atomic E-state index is 0.110. The van der Waals surface area contributed by atoms with Crippen LogP contribution in [0.25, 0.3) is 11.4 Å². The lowest BCUT2D eigenvalue weighted by Crippen LogP contribution is -2.14. The number of carbonyl (C=O) groups is 1. The van der Waals surface area contributed by atoms with E-state index in [2.05, 4.69) is 15.5 Å². The van der Waals surface area contributed by atoms with Gasteiger partial charge in [-0.2, -0.15) is 0 Å². The fraction of sp³-hybridized carbons (Fsp3) is 0.250. The highest BCUT2D eigenvalue weighted by molar-refractivity contribution is 7.99. The van der Waals surface area contributed by atoms with Crippen LogP contribution in [-0.4, -0.2) is 40.1 Å². The second kappa shape index (κ2) is 9.27. The zero-order chi connectivity index (χ0) is 19.9. The molecule has 7 nitrogen and oxygen atoms in total. The first-order valence-electron chi connectivity index (χ1n) is 8.80. The fourth-order valence-electron chi connectivity index (χ4n) is 2.56. The van der Waals surface area contributed by atoms with Crippen molar-refractivity contribution < 1.29 is 14.3 Å². The third-order valence-corrected chi connectivity index (χ3v) is 4.98. The van der Waals surface area contributed by atoms with Crippen molar-refractivity contribution >= 4 is 23.4 Å². The van der Waals surface area contributed by atoms with Crippen LogP contribution in [0.5, 0.6) is 11.5 Å². The van der Waals surface area contributed by atoms with E-state index < -0.39 is 0 Å². The van der Waals surface area contributed by atoms with E-state index in [-0.39, 0.29) is 11.7 Å². The van der Waals surface area contributed by atoms with Crippen LogP contribution in [0.15, 0.2) is 53.7 Å². The van der Waals surface area contributed by atoms with Crippen LogP contribution < -0.4 is 14.8 Å². The summed E-state index contributed by atoms with van der Waals surface area (Å²) in [7, 11) is 3.49. The molecule has 0 atom stereocenters. The summed E-state index contributed by atoms with van der Waals surface area (Å²) < 4.78 is 12.4. The number of amides is 1. The number of thioether (sulfide) groups is 1. The molecule has 0 unspecified atom stereocenters. The van der Waals surface area contributed by atoms with Crippen molar-refractivity contribution in [3.63, 3.8) is 0 Å². The van der Waals surface area contributed by atoms with Gasteiger partial charge in [0.1, 0.15) is 11.5 Å². The zero-order valence-electron chi connectivity index (χ0n) is 16.0. The molecular weight excluding hydrogens is 376 g/mol. The standard InChI is InChI=1S/C20H22N4O3S/c1-4-27-17-9-5-14(6-10-17)19-22-23-20(24(19)2)28-13-18(25)21-15-7-11-16(26-3)12-8-15/h5-12H,4,13H2,1-3H3,(H,21,25). The molecule has 1 N–H and O–H groups in total. The summed E-state index contributed by atoms with van der Waals surface area (Å²) in [6.07, 6.45) is 0. The number of hydrogen-bond acceptors (Lipinski definition) is 6. The first-order chi connectivity index (χ1) is 13.6. The maximum absolute atomic E-state index is 12.2. The highest BCUT2D eigenvalue weighted by Gasteiger charge is 2.13. The van der Waals surface area contributed by atoms with Crippen LogP contribution in [0.4, 0.5) is 5.69 Å². The average molecular weight is 398 g/mol. The molecule has 0 radical (unpaired) electrons. The topological polar surface area (TPSA) is 78.3 Å². The van der Waals surface area contributed by atoms with Gasteiger partial charge >= 0.3 is 0 Å². The summed E-state index contributed by atoms with van der Waals surface area (Å²) >= 11 is 1.34. The lowest BCUT2D eigenvalue weighted by molar-refractivity contribution is -0.113. The molecule has 0 aliphatic carbocycles. The number of nitrogens with one attached hydrogen (secondary N) is 1. The van der Waals surface area contributed by atoms with Crippen molar-refractivity contribution in [2.45, 2.75) is 12.1 Å². The molecule has 0 aliphatic rings. The van der Waals surface area contributed by atoms with Crippen LogP contribution >= 0.6 is 11.8 Å². The van der Waals surface area contributed by atoms with Crippen molar-refractivity contribution in [1.29, 1.82) is 0 Å². The fourth-order valence-corrected chi connectivity index (χ4v) is 3.27. The van der Waals surface area contributed by atoms with Gasteiger partial charge in [0.15, 0.2) is 11.0 Å². The summed E-state index contributed by atoms with van der Waals surface area (Å²) in [4.78, 5) is 12.2. The van der Waals surface area contributed by atoms with Crippen molar-refractivity contribution in [3.8, 4) is 22.9 Å². The number of ether oxygens (including phenoxy) is 2. The smallest absolute Gasteiger partial charge is 0.234 e. The van der Waals surface area contributed by atoms with Crippen LogP contribution in [0.3, 0.4) is 0 Å². The van der Waals surface area contributed by atoms with Gasteiger partial charge in [0, 0.05) is 18.3 Å². The molecule has 1 heterocycles. The number of benzene rings is 2. The second-order valence-electron chi connectivity index (χ2n) is 5.89. The molecule has 2 aromatic carbocycles. The largest absolute Gasteiger partial charge is 0.497 e. The summed E-state index contributed by atoms with van der Waals surface area (Å²) in [5.74, 6) is 2.43. The monoisotopic (exact) mass is 398 g/mol. The predicted octanol–water partition coefficient (Wildman–Crippen LogP) is 3.62. The van der Waals surface area contributed by atoms with Gasteiger partial charge in [-0.3, -0.25) is 4.79 Å². The minimum Gasteiger partial charge on any atom is -0.497 e. The maximum Gasteiger partial charge on any atom is 0.234 e. The highest BCUT2D eigenvalue weighted by Crippen LogP contribution is 2.24. The Morgan fingerprint density at radius 2 is 1.75 bits per heavy atom. The normalized spacial score (nSPS) is 10.5. The van der Waals surface area contributed by atoms with Gasteiger partial charge in [-0.05, 0) is 55.5 Å². The van der Waals surface area contributed by atoms with E-state index in [4.69, 9.17) is 9.47 Å². The van der Waals surface area contributed by atoms with Gasteiger partial charge in [-0.1, -0.05) is 11.8 Å². The Kier molecular flexibility index (Phi) is 6.54. The third-order valence-electron chi connectivity index (χ3n) is 3.96. The molecule has 8 heteroatoms. The number of aromatic nitrogens is 3. The van der Waals surface area contributed by atoms with Crippen LogP contribution in [0.1, 0.15) is 6.92 Å². The Balaban J connectivity index is 1.59. The molecule has 0 saturated heterocycles. The van der Waals surface area contributed by atoms with E-state index in [1.807, 2.05) is 42.8 Å².